The molecule has 0 spiro atoms. The topological polar surface area (TPSA) is 80.3 Å². The van der Waals surface area contributed by atoms with Crippen LogP contribution in [0.25, 0.3) is 0 Å². The van der Waals surface area contributed by atoms with Crippen LogP contribution in [0.5, 0.6) is 0 Å². The minimum Gasteiger partial charge on any atom is -0.544 e. The Kier molecular flexibility index (Phi) is 13.5. The van der Waals surface area contributed by atoms with Crippen molar-refractivity contribution in [1.29, 1.82) is 0 Å². The Morgan fingerprint density at radius 1 is 0.923 bits per heavy atom. The van der Waals surface area contributed by atoms with E-state index in [1.807, 2.05) is 0 Å². The average Bonchev–Trinajstić information content (AvgIpc) is 1.88. The molecule has 0 aromatic heterocycles. The van der Waals surface area contributed by atoms with E-state index >= 15 is 0 Å². The van der Waals surface area contributed by atoms with Gasteiger partial charge in [0, 0.05) is 0 Å². The largest absolute Gasteiger partial charge is 2.00 e. The fraction of sp³-hybridized carbons (Fsp3) is 0. The number of carboxylic acid groups (broad SMARTS) is 2. The number of carbonyl (C=O) groups excluding carboxylic acids is 2. The second kappa shape index (κ2) is 9.61. The van der Waals surface area contributed by atoms with Crippen molar-refractivity contribution < 1.29 is 36.9 Å². The van der Waals surface area contributed by atoms with Crippen LogP contribution in [-0.2, 0) is 26.7 Å². The van der Waals surface area contributed by atoms with Crippen LogP contribution in [0.1, 0.15) is 0 Å². The van der Waals surface area contributed by atoms with Crippen molar-refractivity contribution in [3.8, 4) is 0 Å². The number of hydrogen-bond donors (Lipinski definition) is 0. The molecule has 13 heavy (non-hydrogen) atoms. The van der Waals surface area contributed by atoms with Gasteiger partial charge in [-0.3, -0.25) is 0 Å². The van der Waals surface area contributed by atoms with Crippen LogP contribution in [0.2, 0.25) is 0 Å². The van der Waals surface area contributed by atoms with Crippen LogP contribution in [0.15, 0.2) is 23.2 Å². The van der Waals surface area contributed by atoms with Gasteiger partial charge in [-0.25, -0.2) is 0 Å². The van der Waals surface area contributed by atoms with E-state index in [4.69, 9.17) is 23.2 Å². The van der Waals surface area contributed by atoms with Gasteiger partial charge in [0.2, 0.25) is 0 Å². The van der Waals surface area contributed by atoms with Crippen LogP contribution in [0, 0.1) is 0 Å². The SMILES string of the molecule is C=C(Cl)C(=O)[O-].C=C(Cl)C(=O)[O-].[Cu+2]. The van der Waals surface area contributed by atoms with Gasteiger partial charge in [-0.1, -0.05) is 36.4 Å². The molecule has 0 N–H and O–H groups in total. The fourth-order valence-electron chi connectivity index (χ4n) is 0. The Balaban J connectivity index is -0.000000143. The van der Waals surface area contributed by atoms with Gasteiger partial charge in [0.15, 0.2) is 0 Å². The second-order valence-electron chi connectivity index (χ2n) is 1.38. The van der Waals surface area contributed by atoms with Crippen molar-refractivity contribution in [3.05, 3.63) is 23.2 Å². The van der Waals surface area contributed by atoms with Crippen molar-refractivity contribution in [3.63, 3.8) is 0 Å². The Morgan fingerprint density at radius 3 is 1.00 bits per heavy atom. The molecule has 0 amide bonds. The van der Waals surface area contributed by atoms with Gasteiger partial charge < -0.3 is 19.8 Å². The van der Waals surface area contributed by atoms with Gasteiger partial charge >= 0.3 is 17.1 Å². The van der Waals surface area contributed by atoms with Crippen LogP contribution >= 0.6 is 23.2 Å². The van der Waals surface area contributed by atoms with E-state index < -0.39 is 22.0 Å². The van der Waals surface area contributed by atoms with Crippen molar-refractivity contribution >= 4 is 35.1 Å². The first kappa shape index (κ1) is 18.3. The molecule has 0 aromatic rings. The third-order valence-electron chi connectivity index (χ3n) is 0.443. The number of halogens is 2. The Morgan fingerprint density at radius 2 is 1.00 bits per heavy atom. The summed E-state index contributed by atoms with van der Waals surface area (Å²) in [5.41, 5.74) is 0. The predicted molar refractivity (Wildman–Crippen MR) is 40.0 cm³/mol. The number of hydrogen-bond acceptors (Lipinski definition) is 4. The molecule has 0 saturated heterocycles. The van der Waals surface area contributed by atoms with E-state index in [-0.39, 0.29) is 17.1 Å². The maximum absolute atomic E-state index is 9.36. The van der Waals surface area contributed by atoms with E-state index in [0.717, 1.165) is 0 Å². The molecule has 0 unspecified atom stereocenters. The standard InChI is InChI=1S/2C3H3ClO2.Cu/c2*1-2(4)3(5)6;/h2*1H2,(H,5,6);/q;;+2/p-2. The van der Waals surface area contributed by atoms with Crippen molar-refractivity contribution in [2.45, 2.75) is 0 Å². The number of carbonyl (C=O) groups is 2. The first-order valence-corrected chi connectivity index (χ1v) is 3.16. The van der Waals surface area contributed by atoms with Crippen molar-refractivity contribution in [2.24, 2.45) is 0 Å². The molecular formula is C6H4Cl2CuO4. The minimum absolute atomic E-state index is 0. The number of rotatable bonds is 2. The molecule has 0 rings (SSSR count). The van der Waals surface area contributed by atoms with Gasteiger partial charge in [0.25, 0.3) is 0 Å². The van der Waals surface area contributed by atoms with Gasteiger partial charge in [-0.2, -0.15) is 0 Å². The molecule has 0 aliphatic heterocycles. The van der Waals surface area contributed by atoms with E-state index in [1.165, 1.54) is 0 Å². The Bertz CT molecular complexity index is 179. The summed E-state index contributed by atoms with van der Waals surface area (Å²) in [7, 11) is 0. The van der Waals surface area contributed by atoms with Gasteiger partial charge in [0.05, 0.1) is 22.0 Å². The molecule has 77 valence electrons. The minimum atomic E-state index is -1.42. The zero-order valence-electron chi connectivity index (χ0n) is 6.10. The second-order valence-corrected chi connectivity index (χ2v) is 2.30. The summed E-state index contributed by atoms with van der Waals surface area (Å²) in [4.78, 5) is 18.7. The first-order valence-electron chi connectivity index (χ1n) is 2.40. The van der Waals surface area contributed by atoms with E-state index in [9.17, 15) is 19.8 Å². The summed E-state index contributed by atoms with van der Waals surface area (Å²) in [6.45, 7) is 5.72. The Labute approximate surface area is 95.3 Å². The summed E-state index contributed by atoms with van der Waals surface area (Å²) in [6.07, 6.45) is 0. The molecule has 0 saturated carbocycles. The van der Waals surface area contributed by atoms with Crippen LogP contribution < -0.4 is 10.2 Å². The molecule has 0 fully saturated rings. The van der Waals surface area contributed by atoms with Crippen LogP contribution in [-0.4, -0.2) is 11.9 Å². The Hall–Kier alpha value is -0.481. The molecule has 0 aliphatic carbocycles. The van der Waals surface area contributed by atoms with Crippen molar-refractivity contribution in [2.75, 3.05) is 0 Å². The zero-order chi connectivity index (χ0) is 10.3. The maximum atomic E-state index is 9.36. The molecule has 0 bridgehead atoms. The molecular weight excluding hydrogens is 271 g/mol. The number of carboxylic acids is 2. The summed E-state index contributed by atoms with van der Waals surface area (Å²) in [5, 5.41) is 17.8. The molecule has 1 radical (unpaired) electrons. The average molecular weight is 275 g/mol. The molecule has 4 nitrogen and oxygen atoms in total. The molecule has 0 aliphatic rings. The van der Waals surface area contributed by atoms with E-state index in [0.29, 0.717) is 0 Å². The van der Waals surface area contributed by atoms with E-state index in [1.54, 1.807) is 0 Å². The van der Waals surface area contributed by atoms with Crippen LogP contribution in [0.3, 0.4) is 0 Å². The van der Waals surface area contributed by atoms with E-state index in [2.05, 4.69) is 13.2 Å². The molecule has 7 heteroatoms. The predicted octanol–water partition coefficient (Wildman–Crippen LogP) is -1.02. The third-order valence-corrected chi connectivity index (χ3v) is 0.752. The third kappa shape index (κ3) is 18.5. The molecule has 0 heterocycles. The molecule has 0 aromatic carbocycles. The maximum Gasteiger partial charge on any atom is 2.00 e. The fourth-order valence-corrected chi connectivity index (χ4v) is 0. The quantitative estimate of drug-likeness (QED) is 0.477. The first-order chi connectivity index (χ1) is 5.29. The van der Waals surface area contributed by atoms with Gasteiger partial charge in [-0.15, -0.1) is 0 Å². The summed E-state index contributed by atoms with van der Waals surface area (Å²) >= 11 is 9.51. The number of aliphatic carboxylic acids is 2. The van der Waals surface area contributed by atoms with Crippen molar-refractivity contribution in [1.82, 2.24) is 0 Å². The zero-order valence-corrected chi connectivity index (χ0v) is 8.56. The monoisotopic (exact) mass is 273 g/mol. The molecule has 0 atom stereocenters. The smallest absolute Gasteiger partial charge is 0.544 e. The summed E-state index contributed by atoms with van der Waals surface area (Å²) in [6, 6.07) is 0. The van der Waals surface area contributed by atoms with Gasteiger partial charge in [0.1, 0.15) is 0 Å². The van der Waals surface area contributed by atoms with Gasteiger partial charge in [-0.05, 0) is 0 Å². The summed E-state index contributed by atoms with van der Waals surface area (Å²) < 4.78 is 0. The normalized spacial score (nSPS) is 6.92. The van der Waals surface area contributed by atoms with Crippen LogP contribution in [0.4, 0.5) is 0 Å². The summed E-state index contributed by atoms with van der Waals surface area (Å²) in [5.74, 6) is -2.84.